The molecule has 1 aromatic carbocycles. The lowest BCUT2D eigenvalue weighted by Gasteiger charge is -2.10. The molecule has 3 rings (SSSR count). The summed E-state index contributed by atoms with van der Waals surface area (Å²) in [5, 5.41) is 11.2. The van der Waals surface area contributed by atoms with E-state index in [0.717, 1.165) is 11.3 Å². The molecular formula is C15H12N2O5S3. The minimum absolute atomic E-state index is 0.0563. The molecule has 0 fully saturated rings. The van der Waals surface area contributed by atoms with Crippen LogP contribution in [0.15, 0.2) is 46.8 Å². The number of ether oxygens (including phenoxy) is 1. The number of rotatable bonds is 5. The molecule has 0 bridgehead atoms. The molecule has 0 aliphatic heterocycles. The summed E-state index contributed by atoms with van der Waals surface area (Å²) in [7, 11) is -3.89. The quantitative estimate of drug-likeness (QED) is 0.631. The van der Waals surface area contributed by atoms with Gasteiger partial charge in [-0.3, -0.25) is 4.72 Å². The van der Waals surface area contributed by atoms with E-state index in [1.54, 1.807) is 36.7 Å². The van der Waals surface area contributed by atoms with Crippen LogP contribution in [0.3, 0.4) is 0 Å². The number of hydrogen-bond donors (Lipinski definition) is 2. The third-order valence-corrected chi connectivity index (χ3v) is 6.63. The van der Waals surface area contributed by atoms with Crippen LogP contribution in [-0.2, 0) is 10.0 Å². The number of nitrogens with zero attached hydrogens (tertiary/aromatic N) is 1. The van der Waals surface area contributed by atoms with E-state index < -0.39 is 16.2 Å². The SMILES string of the molecule is Cc1ccccc1S(=O)(=O)Nc1cc(-c2nccs2)sc1OC(=O)O. The first kappa shape index (κ1) is 17.4. The highest BCUT2D eigenvalue weighted by molar-refractivity contribution is 7.92. The van der Waals surface area contributed by atoms with Gasteiger partial charge in [-0.05, 0) is 24.6 Å². The number of aryl methyl sites for hydroxylation is 1. The Morgan fingerprint density at radius 3 is 2.72 bits per heavy atom. The van der Waals surface area contributed by atoms with E-state index in [9.17, 15) is 13.2 Å². The monoisotopic (exact) mass is 396 g/mol. The van der Waals surface area contributed by atoms with Gasteiger partial charge in [0.05, 0.1) is 9.77 Å². The molecule has 25 heavy (non-hydrogen) atoms. The number of thiophene rings is 1. The molecule has 3 aromatic rings. The van der Waals surface area contributed by atoms with Crippen molar-refractivity contribution in [2.75, 3.05) is 4.72 Å². The maximum Gasteiger partial charge on any atom is 0.512 e. The van der Waals surface area contributed by atoms with Crippen LogP contribution in [0.2, 0.25) is 0 Å². The highest BCUT2D eigenvalue weighted by Gasteiger charge is 2.22. The number of hydrogen-bond acceptors (Lipinski definition) is 7. The Balaban J connectivity index is 2.01. The number of sulfonamides is 1. The normalized spacial score (nSPS) is 11.2. The molecular weight excluding hydrogens is 384 g/mol. The topological polar surface area (TPSA) is 106 Å². The van der Waals surface area contributed by atoms with Gasteiger partial charge in [0.25, 0.3) is 10.0 Å². The van der Waals surface area contributed by atoms with Gasteiger partial charge in [0, 0.05) is 11.6 Å². The van der Waals surface area contributed by atoms with Crippen LogP contribution in [-0.4, -0.2) is 24.7 Å². The lowest BCUT2D eigenvalue weighted by atomic mass is 10.2. The maximum absolute atomic E-state index is 12.6. The third-order valence-electron chi connectivity index (χ3n) is 3.15. The second-order valence-electron chi connectivity index (χ2n) is 4.89. The number of nitrogens with one attached hydrogen (secondary N) is 1. The van der Waals surface area contributed by atoms with Gasteiger partial charge in [0.15, 0.2) is 0 Å². The van der Waals surface area contributed by atoms with Crippen LogP contribution in [0.25, 0.3) is 9.88 Å². The van der Waals surface area contributed by atoms with E-state index in [1.807, 2.05) is 0 Å². The molecule has 2 N–H and O–H groups in total. The molecule has 130 valence electrons. The molecule has 0 atom stereocenters. The average molecular weight is 396 g/mol. The Bertz CT molecular complexity index is 1010. The van der Waals surface area contributed by atoms with Crippen molar-refractivity contribution in [3.8, 4) is 14.9 Å². The van der Waals surface area contributed by atoms with Gasteiger partial charge < -0.3 is 9.84 Å². The molecule has 0 radical (unpaired) electrons. The highest BCUT2D eigenvalue weighted by atomic mass is 32.2. The zero-order valence-corrected chi connectivity index (χ0v) is 15.2. The van der Waals surface area contributed by atoms with E-state index in [1.165, 1.54) is 23.5 Å². The third kappa shape index (κ3) is 3.81. The molecule has 0 unspecified atom stereocenters. The fourth-order valence-corrected chi connectivity index (χ4v) is 5.14. The maximum atomic E-state index is 12.6. The van der Waals surface area contributed by atoms with Gasteiger partial charge in [-0.25, -0.2) is 18.2 Å². The molecule has 0 aliphatic rings. The number of thiazole rings is 1. The van der Waals surface area contributed by atoms with Crippen molar-refractivity contribution in [2.45, 2.75) is 11.8 Å². The second-order valence-corrected chi connectivity index (χ2v) is 8.45. The van der Waals surface area contributed by atoms with Crippen molar-refractivity contribution in [1.82, 2.24) is 4.98 Å². The molecule has 7 nitrogen and oxygen atoms in total. The van der Waals surface area contributed by atoms with Gasteiger partial charge in [-0.15, -0.1) is 11.3 Å². The zero-order valence-electron chi connectivity index (χ0n) is 12.8. The minimum Gasteiger partial charge on any atom is -0.449 e. The Kier molecular flexibility index (Phi) is 4.75. The van der Waals surface area contributed by atoms with E-state index >= 15 is 0 Å². The van der Waals surface area contributed by atoms with Crippen LogP contribution in [0.4, 0.5) is 10.5 Å². The summed E-state index contributed by atoms with van der Waals surface area (Å²) in [6, 6.07) is 8.02. The summed E-state index contributed by atoms with van der Waals surface area (Å²) in [5.74, 6) is 0. The number of benzene rings is 1. The molecule has 0 aliphatic carbocycles. The smallest absolute Gasteiger partial charge is 0.449 e. The van der Waals surface area contributed by atoms with Gasteiger partial charge in [-0.1, -0.05) is 29.5 Å². The van der Waals surface area contributed by atoms with Gasteiger partial charge in [0.2, 0.25) is 5.06 Å². The largest absolute Gasteiger partial charge is 0.512 e. The summed E-state index contributed by atoms with van der Waals surface area (Å²) in [6.45, 7) is 1.68. The first-order chi connectivity index (χ1) is 11.9. The molecule has 0 saturated heterocycles. The van der Waals surface area contributed by atoms with Crippen molar-refractivity contribution in [1.29, 1.82) is 0 Å². The number of carboxylic acid groups (broad SMARTS) is 1. The summed E-state index contributed by atoms with van der Waals surface area (Å²) in [5.41, 5.74) is 0.631. The number of carbonyl (C=O) groups is 1. The fraction of sp³-hybridized carbons (Fsp3) is 0.0667. The van der Waals surface area contributed by atoms with Crippen LogP contribution in [0.1, 0.15) is 5.56 Å². The van der Waals surface area contributed by atoms with Crippen molar-refractivity contribution < 1.29 is 23.1 Å². The molecule has 2 heterocycles. The first-order valence-electron chi connectivity index (χ1n) is 6.90. The summed E-state index contributed by atoms with van der Waals surface area (Å²) < 4.78 is 32.4. The second kappa shape index (κ2) is 6.82. The standard InChI is InChI=1S/C15H12N2O5S3/c1-9-4-2-3-5-12(9)25(20,21)17-10-8-11(13-16-6-7-23-13)24-14(10)22-15(18)19/h2-8,17H,1H3,(H,18,19). The van der Waals surface area contributed by atoms with Crippen molar-refractivity contribution in [3.63, 3.8) is 0 Å². The number of aromatic nitrogens is 1. The van der Waals surface area contributed by atoms with Crippen LogP contribution < -0.4 is 9.46 Å². The predicted octanol–water partition coefficient (Wildman–Crippen LogP) is 4.04. The summed E-state index contributed by atoms with van der Waals surface area (Å²) in [6.07, 6.45) is 0.0816. The van der Waals surface area contributed by atoms with E-state index in [2.05, 4.69) is 9.71 Å². The van der Waals surface area contributed by atoms with Gasteiger partial charge in [0.1, 0.15) is 10.7 Å². The predicted molar refractivity (Wildman–Crippen MR) is 96.1 cm³/mol. The zero-order chi connectivity index (χ0) is 18.0. The fourth-order valence-electron chi connectivity index (χ4n) is 2.11. The van der Waals surface area contributed by atoms with Crippen molar-refractivity contribution in [3.05, 3.63) is 47.5 Å². The highest BCUT2D eigenvalue weighted by Crippen LogP contribution is 2.42. The van der Waals surface area contributed by atoms with E-state index in [-0.39, 0.29) is 15.6 Å². The Morgan fingerprint density at radius 1 is 1.32 bits per heavy atom. The lowest BCUT2D eigenvalue weighted by Crippen LogP contribution is -2.15. The molecule has 0 saturated carbocycles. The van der Waals surface area contributed by atoms with Crippen molar-refractivity contribution in [2.24, 2.45) is 0 Å². The molecule has 2 aromatic heterocycles. The number of anilines is 1. The van der Waals surface area contributed by atoms with Crippen LogP contribution >= 0.6 is 22.7 Å². The van der Waals surface area contributed by atoms with E-state index in [4.69, 9.17) is 9.84 Å². The molecule has 10 heteroatoms. The summed E-state index contributed by atoms with van der Waals surface area (Å²) in [4.78, 5) is 15.8. The molecule has 0 amide bonds. The van der Waals surface area contributed by atoms with E-state index in [0.29, 0.717) is 15.4 Å². The Hall–Kier alpha value is -2.43. The first-order valence-corrected chi connectivity index (χ1v) is 10.1. The molecule has 0 spiro atoms. The van der Waals surface area contributed by atoms with Gasteiger partial charge >= 0.3 is 6.16 Å². The average Bonchev–Trinajstić information content (AvgIpc) is 3.17. The van der Waals surface area contributed by atoms with Crippen LogP contribution in [0, 0.1) is 6.92 Å². The van der Waals surface area contributed by atoms with Crippen LogP contribution in [0.5, 0.6) is 5.06 Å². The Morgan fingerprint density at radius 2 is 2.08 bits per heavy atom. The summed E-state index contributed by atoms with van der Waals surface area (Å²) >= 11 is 2.36. The van der Waals surface area contributed by atoms with Gasteiger partial charge in [-0.2, -0.15) is 0 Å². The lowest BCUT2D eigenvalue weighted by molar-refractivity contribution is 0.146. The minimum atomic E-state index is -3.89. The Labute approximate surface area is 151 Å². The van der Waals surface area contributed by atoms with Crippen molar-refractivity contribution >= 4 is 44.5 Å².